The van der Waals surface area contributed by atoms with E-state index < -0.39 is 17.1 Å². The number of amides is 3. The molecule has 0 aliphatic heterocycles. The number of ketones is 1. The highest BCUT2D eigenvalue weighted by Gasteiger charge is 2.20. The number of nitrogens with one attached hydrogen (secondary N) is 3. The summed E-state index contributed by atoms with van der Waals surface area (Å²) in [5, 5.41) is 8.14. The quantitative estimate of drug-likeness (QED) is 0.0826. The van der Waals surface area contributed by atoms with Gasteiger partial charge >= 0.3 is 0 Å². The van der Waals surface area contributed by atoms with E-state index in [1.807, 2.05) is 38.1 Å². The summed E-state index contributed by atoms with van der Waals surface area (Å²) < 4.78 is 5.72. The smallest absolute Gasteiger partial charge is 0.272 e. The third kappa shape index (κ3) is 9.42. The largest absolute Gasteiger partial charge is 0.493 e. The van der Waals surface area contributed by atoms with Gasteiger partial charge in [0.15, 0.2) is 5.78 Å². The minimum atomic E-state index is -0.522. The standard InChI is InChI=1S/C36H35N3O5S/c1-4-33(36(43)37-28-20-18-25(19-21-28)24(3)40)45-30-16-11-15-29(23-30)38-35(42)31(39-34(41)26-12-7-6-8-13-26)22-27-14-9-10-17-32(27)44-5-2/h6-23,33H,4-5H2,1-3H3,(H,37,43)(H,38,42)(H,39,41)/b31-22+. The lowest BCUT2D eigenvalue weighted by molar-refractivity contribution is -0.116. The van der Waals surface area contributed by atoms with Crippen molar-refractivity contribution in [2.75, 3.05) is 17.2 Å². The highest BCUT2D eigenvalue weighted by atomic mass is 32.2. The first-order valence-corrected chi connectivity index (χ1v) is 15.4. The summed E-state index contributed by atoms with van der Waals surface area (Å²) in [6, 6.07) is 29.9. The van der Waals surface area contributed by atoms with Crippen LogP contribution < -0.4 is 20.7 Å². The molecule has 0 radical (unpaired) electrons. The van der Waals surface area contributed by atoms with E-state index in [-0.39, 0.29) is 17.4 Å². The van der Waals surface area contributed by atoms with Crippen molar-refractivity contribution < 1.29 is 23.9 Å². The number of hydrogen-bond acceptors (Lipinski definition) is 6. The fourth-order valence-corrected chi connectivity index (χ4v) is 5.34. The molecule has 1 unspecified atom stereocenters. The van der Waals surface area contributed by atoms with E-state index in [0.717, 1.165) is 4.90 Å². The molecule has 0 bridgehead atoms. The number of benzene rings is 4. The van der Waals surface area contributed by atoms with Crippen LogP contribution in [0.15, 0.2) is 114 Å². The van der Waals surface area contributed by atoms with Crippen molar-refractivity contribution in [2.24, 2.45) is 0 Å². The predicted octanol–water partition coefficient (Wildman–Crippen LogP) is 7.21. The van der Waals surface area contributed by atoms with Gasteiger partial charge in [0, 0.05) is 33.0 Å². The molecule has 3 N–H and O–H groups in total. The second kappa shape index (κ2) is 16.1. The molecule has 45 heavy (non-hydrogen) atoms. The normalized spacial score (nSPS) is 11.7. The Balaban J connectivity index is 1.51. The second-order valence-electron chi connectivity index (χ2n) is 9.97. The molecule has 4 rings (SSSR count). The van der Waals surface area contributed by atoms with Crippen LogP contribution in [0.3, 0.4) is 0 Å². The van der Waals surface area contributed by atoms with E-state index in [1.165, 1.54) is 18.7 Å². The number of para-hydroxylation sites is 1. The zero-order valence-electron chi connectivity index (χ0n) is 25.3. The topological polar surface area (TPSA) is 114 Å². The Morgan fingerprint density at radius 2 is 1.49 bits per heavy atom. The van der Waals surface area contributed by atoms with Crippen LogP contribution in [-0.4, -0.2) is 35.4 Å². The number of Topliss-reactive ketones (excluding diaryl/α,β-unsaturated/α-hetero) is 1. The summed E-state index contributed by atoms with van der Waals surface area (Å²) in [5.41, 5.74) is 2.76. The molecular formula is C36H35N3O5S. The van der Waals surface area contributed by atoms with Crippen LogP contribution in [0.2, 0.25) is 0 Å². The SMILES string of the molecule is CCOc1ccccc1/C=C(/NC(=O)c1ccccc1)C(=O)Nc1cccc(SC(CC)C(=O)Nc2ccc(C(C)=O)cc2)c1. The van der Waals surface area contributed by atoms with Gasteiger partial charge in [0.1, 0.15) is 11.4 Å². The maximum absolute atomic E-state index is 13.6. The van der Waals surface area contributed by atoms with E-state index in [4.69, 9.17) is 4.74 Å². The predicted molar refractivity (Wildman–Crippen MR) is 180 cm³/mol. The summed E-state index contributed by atoms with van der Waals surface area (Å²) in [5.74, 6) is -0.585. The Morgan fingerprint density at radius 1 is 0.778 bits per heavy atom. The Bertz CT molecular complexity index is 1690. The first kappa shape index (κ1) is 32.8. The van der Waals surface area contributed by atoms with Crippen LogP contribution in [0.25, 0.3) is 6.08 Å². The van der Waals surface area contributed by atoms with Gasteiger partial charge in [0.05, 0.1) is 11.9 Å². The van der Waals surface area contributed by atoms with Gasteiger partial charge < -0.3 is 20.7 Å². The zero-order chi connectivity index (χ0) is 32.2. The molecule has 0 saturated heterocycles. The van der Waals surface area contributed by atoms with Gasteiger partial charge in [-0.05, 0) is 87.0 Å². The molecular weight excluding hydrogens is 586 g/mol. The van der Waals surface area contributed by atoms with Crippen molar-refractivity contribution in [1.82, 2.24) is 5.32 Å². The first-order valence-electron chi connectivity index (χ1n) is 14.6. The number of thioether (sulfide) groups is 1. The molecule has 1 atom stereocenters. The van der Waals surface area contributed by atoms with E-state index in [9.17, 15) is 19.2 Å². The highest BCUT2D eigenvalue weighted by molar-refractivity contribution is 8.00. The Morgan fingerprint density at radius 3 is 2.18 bits per heavy atom. The molecule has 4 aromatic rings. The highest BCUT2D eigenvalue weighted by Crippen LogP contribution is 2.29. The molecule has 3 amide bonds. The average Bonchev–Trinajstić information content (AvgIpc) is 3.05. The fraction of sp³-hybridized carbons (Fsp3) is 0.167. The van der Waals surface area contributed by atoms with Crippen molar-refractivity contribution in [3.63, 3.8) is 0 Å². The maximum atomic E-state index is 13.6. The van der Waals surface area contributed by atoms with Crippen molar-refractivity contribution >= 4 is 52.7 Å². The lowest BCUT2D eigenvalue weighted by Gasteiger charge is -2.16. The van der Waals surface area contributed by atoms with Crippen molar-refractivity contribution in [3.8, 4) is 5.75 Å². The Hall–Kier alpha value is -5.15. The van der Waals surface area contributed by atoms with E-state index in [0.29, 0.717) is 46.8 Å². The zero-order valence-corrected chi connectivity index (χ0v) is 26.1. The maximum Gasteiger partial charge on any atom is 0.272 e. The van der Waals surface area contributed by atoms with Crippen LogP contribution in [0.4, 0.5) is 11.4 Å². The third-order valence-corrected chi connectivity index (χ3v) is 8.00. The molecule has 0 heterocycles. The van der Waals surface area contributed by atoms with Crippen LogP contribution in [0, 0.1) is 0 Å². The van der Waals surface area contributed by atoms with Gasteiger partial charge in [-0.1, -0.05) is 49.4 Å². The lowest BCUT2D eigenvalue weighted by Crippen LogP contribution is -2.30. The number of anilines is 2. The summed E-state index contributed by atoms with van der Waals surface area (Å²) >= 11 is 1.37. The van der Waals surface area contributed by atoms with Crippen LogP contribution in [0.1, 0.15) is 53.5 Å². The number of carbonyl (C=O) groups excluding carboxylic acids is 4. The van der Waals surface area contributed by atoms with Gasteiger partial charge in [-0.25, -0.2) is 0 Å². The molecule has 0 aromatic heterocycles. The monoisotopic (exact) mass is 621 g/mol. The van der Waals surface area contributed by atoms with E-state index in [1.54, 1.807) is 84.9 Å². The molecule has 0 fully saturated rings. The van der Waals surface area contributed by atoms with Crippen molar-refractivity contribution in [2.45, 2.75) is 37.3 Å². The molecule has 9 heteroatoms. The Labute approximate surface area is 267 Å². The summed E-state index contributed by atoms with van der Waals surface area (Å²) in [6.45, 7) is 5.73. The van der Waals surface area contributed by atoms with Crippen molar-refractivity contribution in [3.05, 3.63) is 126 Å². The van der Waals surface area contributed by atoms with E-state index in [2.05, 4.69) is 16.0 Å². The van der Waals surface area contributed by atoms with Crippen LogP contribution in [0.5, 0.6) is 5.75 Å². The van der Waals surface area contributed by atoms with Gasteiger partial charge in [-0.3, -0.25) is 19.2 Å². The molecule has 230 valence electrons. The summed E-state index contributed by atoms with van der Waals surface area (Å²) in [7, 11) is 0. The van der Waals surface area contributed by atoms with Gasteiger partial charge in [-0.15, -0.1) is 11.8 Å². The molecule has 0 aliphatic carbocycles. The van der Waals surface area contributed by atoms with Gasteiger partial charge in [0.2, 0.25) is 5.91 Å². The first-order chi connectivity index (χ1) is 21.8. The minimum absolute atomic E-state index is 0.0377. The molecule has 8 nitrogen and oxygen atoms in total. The Kier molecular flexibility index (Phi) is 11.7. The number of hydrogen-bond donors (Lipinski definition) is 3. The lowest BCUT2D eigenvalue weighted by atomic mass is 10.1. The van der Waals surface area contributed by atoms with Crippen LogP contribution >= 0.6 is 11.8 Å². The molecule has 0 saturated carbocycles. The van der Waals surface area contributed by atoms with Gasteiger partial charge in [0.25, 0.3) is 11.8 Å². The second-order valence-corrected chi connectivity index (χ2v) is 11.2. The van der Waals surface area contributed by atoms with Gasteiger partial charge in [-0.2, -0.15) is 0 Å². The number of ether oxygens (including phenoxy) is 1. The number of rotatable bonds is 13. The molecule has 4 aromatic carbocycles. The molecule has 0 spiro atoms. The third-order valence-electron chi connectivity index (χ3n) is 6.64. The number of carbonyl (C=O) groups is 4. The summed E-state index contributed by atoms with van der Waals surface area (Å²) in [4.78, 5) is 52.0. The minimum Gasteiger partial charge on any atom is -0.493 e. The van der Waals surface area contributed by atoms with Crippen molar-refractivity contribution in [1.29, 1.82) is 0 Å². The van der Waals surface area contributed by atoms with E-state index >= 15 is 0 Å². The average molecular weight is 622 g/mol. The fourth-order valence-electron chi connectivity index (χ4n) is 4.33. The summed E-state index contributed by atoms with van der Waals surface area (Å²) in [6.07, 6.45) is 2.15. The molecule has 0 aliphatic rings. The van der Waals surface area contributed by atoms with Crippen LogP contribution in [-0.2, 0) is 9.59 Å².